The molecule has 4 aliphatic rings. The van der Waals surface area contributed by atoms with Gasteiger partial charge in [-0.05, 0) is 0 Å². The summed E-state index contributed by atoms with van der Waals surface area (Å²) in [6, 6.07) is 0. The second-order valence-corrected chi connectivity index (χ2v) is 14.3. The predicted octanol–water partition coefficient (Wildman–Crippen LogP) is 0.583. The Kier molecular flexibility index (Phi) is 6.62. The van der Waals surface area contributed by atoms with Crippen molar-refractivity contribution in [2.75, 3.05) is 0 Å². The van der Waals surface area contributed by atoms with Crippen LogP contribution in [0, 0.1) is 0 Å². The van der Waals surface area contributed by atoms with E-state index in [4.69, 9.17) is 27.1 Å². The summed E-state index contributed by atoms with van der Waals surface area (Å²) >= 11 is 0. The number of hydrogen-bond donors (Lipinski definition) is 4. The smallest absolute Gasteiger partial charge is 0.302 e. The van der Waals surface area contributed by atoms with Crippen molar-refractivity contribution < 1.29 is 87.0 Å². The van der Waals surface area contributed by atoms with E-state index in [1.165, 1.54) is 0 Å². The minimum atomic E-state index is -5.45. The van der Waals surface area contributed by atoms with Gasteiger partial charge in [0.05, 0.1) is 0 Å². The van der Waals surface area contributed by atoms with E-state index in [-0.39, 0.29) is 0 Å². The van der Waals surface area contributed by atoms with Gasteiger partial charge in [-0.3, -0.25) is 27.2 Å². The lowest BCUT2D eigenvalue weighted by Gasteiger charge is -2.45. The lowest BCUT2D eigenvalue weighted by atomic mass is 9.85. The summed E-state index contributed by atoms with van der Waals surface area (Å²) in [4.78, 5) is 38.8. The van der Waals surface area contributed by atoms with E-state index in [0.29, 0.717) is 0 Å². The molecule has 0 spiro atoms. The summed E-state index contributed by atoms with van der Waals surface area (Å²) in [6.45, 7) is 0. The number of phosphoric ester groups is 4. The van der Waals surface area contributed by atoms with Gasteiger partial charge in [-0.15, -0.1) is 0 Å². The molecule has 25 heteroatoms. The van der Waals surface area contributed by atoms with E-state index in [0.717, 1.165) is 0 Å². The third kappa shape index (κ3) is 5.42. The van der Waals surface area contributed by atoms with Crippen molar-refractivity contribution in [3.8, 4) is 0 Å². The van der Waals surface area contributed by atoms with Crippen LogP contribution in [-0.2, 0) is 67.5 Å². The van der Waals surface area contributed by atoms with Crippen LogP contribution in [0.1, 0.15) is 0 Å². The van der Waals surface area contributed by atoms with E-state index < -0.39 is 84.4 Å². The molecular formula is C6H12O19P6. The van der Waals surface area contributed by atoms with Gasteiger partial charge in [-0.25, -0.2) is 26.9 Å². The van der Waals surface area contributed by atoms with Gasteiger partial charge in [-0.2, -0.15) is 4.31 Å². The molecule has 3 aliphatic heterocycles. The van der Waals surface area contributed by atoms with Crippen LogP contribution in [0.15, 0.2) is 0 Å². The second-order valence-electron chi connectivity index (χ2n) is 6.08. The van der Waals surface area contributed by atoms with Crippen molar-refractivity contribution in [1.29, 1.82) is 0 Å². The van der Waals surface area contributed by atoms with Crippen LogP contribution in [0.4, 0.5) is 0 Å². The Bertz CT molecular complexity index is 928. The molecule has 3 saturated heterocycles. The molecule has 12 atom stereocenters. The van der Waals surface area contributed by atoms with E-state index >= 15 is 0 Å². The average Bonchev–Trinajstić information content (AvgIpc) is 2.78. The molecule has 1 saturated carbocycles. The van der Waals surface area contributed by atoms with Crippen LogP contribution < -0.4 is 0 Å². The molecule has 0 amide bonds. The van der Waals surface area contributed by atoms with Crippen LogP contribution in [0.2, 0.25) is 0 Å². The Labute approximate surface area is 172 Å². The quantitative estimate of drug-likeness (QED) is 0.288. The number of phosphoric acid groups is 4. The maximum absolute atomic E-state index is 12.1. The number of hydrogen-bond acceptors (Lipinski definition) is 15. The third-order valence-electron chi connectivity index (χ3n) is 4.01. The Morgan fingerprint density at radius 3 is 1.16 bits per heavy atom. The SMILES string of the molecule is O=[PH]1OC2C3O[PH](=O)OP(=O)(O)OC3C3OP(=O)(O)OP(=O)(O)OC3C2OP(=O)(O)O1. The minimum Gasteiger partial charge on any atom is -0.302 e. The number of fused-ring (bicyclic) bond motifs is 6. The maximum atomic E-state index is 12.1. The van der Waals surface area contributed by atoms with Gasteiger partial charge in [0, 0.05) is 0 Å². The Balaban J connectivity index is 1.88. The van der Waals surface area contributed by atoms with E-state index in [1.54, 1.807) is 0 Å². The van der Waals surface area contributed by atoms with Crippen molar-refractivity contribution in [2.45, 2.75) is 36.6 Å². The molecule has 1 aliphatic carbocycles. The second kappa shape index (κ2) is 8.22. The zero-order chi connectivity index (χ0) is 23.0. The van der Waals surface area contributed by atoms with E-state index in [2.05, 4.69) is 12.9 Å². The van der Waals surface area contributed by atoms with Crippen molar-refractivity contribution >= 4 is 47.8 Å². The average molecular weight is 574 g/mol. The predicted molar refractivity (Wildman–Crippen MR) is 89.8 cm³/mol. The molecule has 0 bridgehead atoms. The Morgan fingerprint density at radius 1 is 0.516 bits per heavy atom. The highest BCUT2D eigenvalue weighted by molar-refractivity contribution is 7.61. The molecule has 31 heavy (non-hydrogen) atoms. The largest absolute Gasteiger partial charge is 0.481 e. The standard InChI is InChI=1S/C6H12O19P6/c7-26-17-1-2-4(20-29(11,12)24-27(8)18-2)6-5(3(1)19-28(9,10)23-26)21-30(13,14)25-31(15,16)22-6/h1-6,26-27H,(H,9,10)(H,11,12)(H,13,14)(H,15,16). The highest BCUT2D eigenvalue weighted by Gasteiger charge is 2.65. The third-order valence-corrected chi connectivity index (χ3v) is 11.7. The van der Waals surface area contributed by atoms with Gasteiger partial charge in [-0.1, -0.05) is 0 Å². The Hall–Kier alpha value is 0.860. The first kappa shape index (κ1) is 25.0. The minimum absolute atomic E-state index is 1.95. The normalized spacial score (nSPS) is 60.4. The first-order valence-electron chi connectivity index (χ1n) is 7.63. The molecule has 4 N–H and O–H groups in total. The summed E-state index contributed by atoms with van der Waals surface area (Å²) in [7, 11) is -29.0. The summed E-state index contributed by atoms with van der Waals surface area (Å²) in [5.74, 6) is 0. The van der Waals surface area contributed by atoms with Crippen LogP contribution in [0.25, 0.3) is 0 Å². The van der Waals surface area contributed by atoms with Crippen molar-refractivity contribution in [1.82, 2.24) is 0 Å². The van der Waals surface area contributed by atoms with E-state index in [9.17, 15) is 47.0 Å². The molecule has 180 valence electrons. The highest BCUT2D eigenvalue weighted by Crippen LogP contribution is 2.69. The van der Waals surface area contributed by atoms with Gasteiger partial charge in [0.1, 0.15) is 36.6 Å². The molecule has 0 aromatic heterocycles. The van der Waals surface area contributed by atoms with Crippen LogP contribution in [-0.4, -0.2) is 56.2 Å². The fourth-order valence-corrected chi connectivity index (χ4v) is 9.87. The molecule has 0 aromatic rings. The molecule has 19 nitrogen and oxygen atoms in total. The monoisotopic (exact) mass is 574 g/mol. The van der Waals surface area contributed by atoms with Crippen molar-refractivity contribution in [3.63, 3.8) is 0 Å². The maximum Gasteiger partial charge on any atom is 0.481 e. The van der Waals surface area contributed by atoms with Crippen molar-refractivity contribution in [3.05, 3.63) is 0 Å². The first-order chi connectivity index (χ1) is 14.1. The fourth-order valence-electron chi connectivity index (χ4n) is 3.15. The lowest BCUT2D eigenvalue weighted by molar-refractivity contribution is -0.181. The summed E-state index contributed by atoms with van der Waals surface area (Å²) in [5, 5.41) is 0. The number of rotatable bonds is 0. The fraction of sp³-hybridized carbons (Fsp3) is 1.00. The summed E-state index contributed by atoms with van der Waals surface area (Å²) in [6.07, 6.45) is -12.5. The molecule has 4 fully saturated rings. The molecular weight excluding hydrogens is 562 g/mol. The molecule has 0 aromatic carbocycles. The van der Waals surface area contributed by atoms with Gasteiger partial charge in [0.2, 0.25) is 0 Å². The first-order valence-corrected chi connectivity index (χ1v) is 16.1. The summed E-state index contributed by atoms with van der Waals surface area (Å²) in [5.41, 5.74) is 0. The van der Waals surface area contributed by atoms with Crippen LogP contribution in [0.3, 0.4) is 0 Å². The molecule has 3 heterocycles. The zero-order valence-corrected chi connectivity index (χ0v) is 19.7. The molecule has 0 radical (unpaired) electrons. The summed E-state index contributed by atoms with van der Waals surface area (Å²) < 4.78 is 113. The topological polar surface area (TPSA) is 266 Å². The van der Waals surface area contributed by atoms with E-state index in [1.807, 2.05) is 0 Å². The van der Waals surface area contributed by atoms with Crippen LogP contribution in [0.5, 0.6) is 0 Å². The molecule has 4 rings (SSSR count). The van der Waals surface area contributed by atoms with Crippen LogP contribution >= 0.6 is 47.8 Å². The lowest BCUT2D eigenvalue weighted by Crippen LogP contribution is -2.65. The zero-order valence-electron chi connectivity index (χ0n) is 14.2. The molecule has 12 unspecified atom stereocenters. The Morgan fingerprint density at radius 2 is 0.806 bits per heavy atom. The van der Waals surface area contributed by atoms with Crippen molar-refractivity contribution in [2.24, 2.45) is 0 Å². The van der Waals surface area contributed by atoms with Gasteiger partial charge >= 0.3 is 47.8 Å². The highest BCUT2D eigenvalue weighted by atomic mass is 31.3. The van der Waals surface area contributed by atoms with Gasteiger partial charge < -0.3 is 28.6 Å². The van der Waals surface area contributed by atoms with Gasteiger partial charge in [0.15, 0.2) is 0 Å². The van der Waals surface area contributed by atoms with Gasteiger partial charge in [0.25, 0.3) is 0 Å².